The fourth-order valence-corrected chi connectivity index (χ4v) is 2.82. The van der Waals surface area contributed by atoms with Crippen LogP contribution in [0.15, 0.2) is 56.7 Å². The molecule has 0 aliphatic carbocycles. The van der Waals surface area contributed by atoms with Crippen molar-refractivity contribution in [3.8, 4) is 0 Å². The van der Waals surface area contributed by atoms with Crippen molar-refractivity contribution in [3.63, 3.8) is 0 Å². The van der Waals surface area contributed by atoms with Crippen LogP contribution >= 0.6 is 27.7 Å². The SMILES string of the molecule is Cc1cc(Br)ccc1Sc1ccccc1N. The third-order valence-electron chi connectivity index (χ3n) is 2.28. The van der Waals surface area contributed by atoms with Gasteiger partial charge in [0, 0.05) is 20.0 Å². The van der Waals surface area contributed by atoms with E-state index in [0.717, 1.165) is 15.1 Å². The zero-order valence-corrected chi connectivity index (χ0v) is 11.3. The second-order valence-corrected chi connectivity index (χ2v) is 5.55. The van der Waals surface area contributed by atoms with Crippen LogP contribution in [0.1, 0.15) is 5.56 Å². The molecular formula is C13H12BrNS. The van der Waals surface area contributed by atoms with Crippen LogP contribution < -0.4 is 5.73 Å². The number of hydrogen-bond acceptors (Lipinski definition) is 2. The number of para-hydroxylation sites is 1. The zero-order chi connectivity index (χ0) is 11.5. The molecule has 0 heterocycles. The first-order chi connectivity index (χ1) is 7.66. The molecule has 0 bridgehead atoms. The van der Waals surface area contributed by atoms with Crippen LogP contribution in [-0.2, 0) is 0 Å². The highest BCUT2D eigenvalue weighted by molar-refractivity contribution is 9.10. The van der Waals surface area contributed by atoms with Crippen LogP contribution in [0.2, 0.25) is 0 Å². The van der Waals surface area contributed by atoms with Crippen molar-refractivity contribution in [1.82, 2.24) is 0 Å². The average molecular weight is 294 g/mol. The highest BCUT2D eigenvalue weighted by atomic mass is 79.9. The maximum absolute atomic E-state index is 5.92. The molecule has 0 amide bonds. The largest absolute Gasteiger partial charge is 0.398 e. The van der Waals surface area contributed by atoms with Crippen molar-refractivity contribution in [2.75, 3.05) is 5.73 Å². The summed E-state index contributed by atoms with van der Waals surface area (Å²) in [4.78, 5) is 2.34. The number of aryl methyl sites for hydroxylation is 1. The van der Waals surface area contributed by atoms with Gasteiger partial charge in [0.15, 0.2) is 0 Å². The van der Waals surface area contributed by atoms with Gasteiger partial charge in [-0.2, -0.15) is 0 Å². The number of nitrogen functional groups attached to an aromatic ring is 1. The Balaban J connectivity index is 2.31. The first-order valence-electron chi connectivity index (χ1n) is 4.95. The molecule has 0 atom stereocenters. The summed E-state index contributed by atoms with van der Waals surface area (Å²) in [5.74, 6) is 0. The van der Waals surface area contributed by atoms with Gasteiger partial charge in [-0.25, -0.2) is 0 Å². The van der Waals surface area contributed by atoms with Gasteiger partial charge in [0.2, 0.25) is 0 Å². The van der Waals surface area contributed by atoms with Crippen molar-refractivity contribution in [3.05, 3.63) is 52.5 Å². The van der Waals surface area contributed by atoms with E-state index in [1.54, 1.807) is 11.8 Å². The van der Waals surface area contributed by atoms with E-state index < -0.39 is 0 Å². The van der Waals surface area contributed by atoms with E-state index in [4.69, 9.17) is 5.73 Å². The number of rotatable bonds is 2. The monoisotopic (exact) mass is 293 g/mol. The lowest BCUT2D eigenvalue weighted by Gasteiger charge is -2.07. The smallest absolute Gasteiger partial charge is 0.0455 e. The molecule has 0 radical (unpaired) electrons. The van der Waals surface area contributed by atoms with Crippen LogP contribution in [0.5, 0.6) is 0 Å². The molecular weight excluding hydrogens is 282 g/mol. The summed E-state index contributed by atoms with van der Waals surface area (Å²) in [6, 6.07) is 14.2. The Labute approximate surface area is 108 Å². The fourth-order valence-electron chi connectivity index (χ4n) is 1.42. The molecule has 0 aromatic heterocycles. The summed E-state index contributed by atoms with van der Waals surface area (Å²) in [6.07, 6.45) is 0. The lowest BCUT2D eigenvalue weighted by Crippen LogP contribution is -1.88. The number of halogens is 1. The van der Waals surface area contributed by atoms with Crippen LogP contribution in [0.4, 0.5) is 5.69 Å². The van der Waals surface area contributed by atoms with Gasteiger partial charge in [0.05, 0.1) is 0 Å². The second kappa shape index (κ2) is 4.93. The van der Waals surface area contributed by atoms with Crippen molar-refractivity contribution in [1.29, 1.82) is 0 Å². The molecule has 3 heteroatoms. The Kier molecular flexibility index (Phi) is 3.56. The molecule has 1 nitrogen and oxygen atoms in total. The van der Waals surface area contributed by atoms with Crippen LogP contribution in [0.3, 0.4) is 0 Å². The maximum Gasteiger partial charge on any atom is 0.0455 e. The van der Waals surface area contributed by atoms with Crippen molar-refractivity contribution in [2.24, 2.45) is 0 Å². The first-order valence-corrected chi connectivity index (χ1v) is 6.56. The molecule has 2 rings (SSSR count). The van der Waals surface area contributed by atoms with Gasteiger partial charge in [-0.15, -0.1) is 0 Å². The van der Waals surface area contributed by atoms with E-state index in [1.807, 2.05) is 24.3 Å². The van der Waals surface area contributed by atoms with Crippen LogP contribution in [-0.4, -0.2) is 0 Å². The Hall–Kier alpha value is -0.930. The first kappa shape index (κ1) is 11.6. The number of nitrogens with two attached hydrogens (primary N) is 1. The van der Waals surface area contributed by atoms with E-state index in [1.165, 1.54) is 10.5 Å². The van der Waals surface area contributed by atoms with Gasteiger partial charge in [-0.1, -0.05) is 39.8 Å². The molecule has 2 aromatic rings. The number of hydrogen-bond donors (Lipinski definition) is 1. The molecule has 2 aromatic carbocycles. The van der Waals surface area contributed by atoms with E-state index in [9.17, 15) is 0 Å². The van der Waals surface area contributed by atoms with Gasteiger partial charge in [0.25, 0.3) is 0 Å². The minimum absolute atomic E-state index is 0.829. The summed E-state index contributed by atoms with van der Waals surface area (Å²) < 4.78 is 1.11. The lowest BCUT2D eigenvalue weighted by atomic mass is 10.2. The Morgan fingerprint density at radius 2 is 1.81 bits per heavy atom. The van der Waals surface area contributed by atoms with Crippen molar-refractivity contribution >= 4 is 33.4 Å². The Morgan fingerprint density at radius 1 is 1.06 bits per heavy atom. The van der Waals surface area contributed by atoms with Crippen LogP contribution in [0.25, 0.3) is 0 Å². The standard InChI is InChI=1S/C13H12BrNS/c1-9-8-10(14)6-7-12(9)16-13-5-3-2-4-11(13)15/h2-8H,15H2,1H3. The molecule has 0 aliphatic rings. The van der Waals surface area contributed by atoms with Crippen LogP contribution in [0, 0.1) is 6.92 Å². The number of anilines is 1. The molecule has 16 heavy (non-hydrogen) atoms. The minimum Gasteiger partial charge on any atom is -0.398 e. The topological polar surface area (TPSA) is 26.0 Å². The molecule has 2 N–H and O–H groups in total. The summed E-state index contributed by atoms with van der Waals surface area (Å²) in [7, 11) is 0. The molecule has 0 aliphatic heterocycles. The van der Waals surface area contributed by atoms with Gasteiger partial charge in [-0.05, 0) is 42.8 Å². The van der Waals surface area contributed by atoms with Gasteiger partial charge < -0.3 is 5.73 Å². The van der Waals surface area contributed by atoms with Crippen molar-refractivity contribution in [2.45, 2.75) is 16.7 Å². The Bertz CT molecular complexity index is 511. The van der Waals surface area contributed by atoms with E-state index in [0.29, 0.717) is 0 Å². The summed E-state index contributed by atoms with van der Waals surface area (Å²) in [5, 5.41) is 0. The molecule has 82 valence electrons. The molecule has 0 spiro atoms. The van der Waals surface area contributed by atoms with E-state index in [-0.39, 0.29) is 0 Å². The predicted molar refractivity (Wildman–Crippen MR) is 73.9 cm³/mol. The highest BCUT2D eigenvalue weighted by Crippen LogP contribution is 2.34. The maximum atomic E-state index is 5.92. The fraction of sp³-hybridized carbons (Fsp3) is 0.0769. The summed E-state index contributed by atoms with van der Waals surface area (Å²) >= 11 is 5.17. The molecule has 0 fully saturated rings. The zero-order valence-electron chi connectivity index (χ0n) is 8.91. The Morgan fingerprint density at radius 3 is 2.50 bits per heavy atom. The highest BCUT2D eigenvalue weighted by Gasteiger charge is 2.03. The summed E-state index contributed by atoms with van der Waals surface area (Å²) in [6.45, 7) is 2.10. The normalized spacial score (nSPS) is 10.4. The van der Waals surface area contributed by atoms with Crippen molar-refractivity contribution < 1.29 is 0 Å². The van der Waals surface area contributed by atoms with E-state index in [2.05, 4.69) is 41.1 Å². The minimum atomic E-state index is 0.829. The third kappa shape index (κ3) is 2.60. The second-order valence-electron chi connectivity index (χ2n) is 3.55. The molecule has 0 saturated heterocycles. The van der Waals surface area contributed by atoms with Gasteiger partial charge >= 0.3 is 0 Å². The molecule has 0 unspecified atom stereocenters. The predicted octanol–water partition coefficient (Wildman–Crippen LogP) is 4.49. The average Bonchev–Trinajstić information content (AvgIpc) is 2.25. The number of benzene rings is 2. The summed E-state index contributed by atoms with van der Waals surface area (Å²) in [5.41, 5.74) is 8.00. The van der Waals surface area contributed by atoms with E-state index >= 15 is 0 Å². The quantitative estimate of drug-likeness (QED) is 0.826. The van der Waals surface area contributed by atoms with Gasteiger partial charge in [-0.3, -0.25) is 0 Å². The van der Waals surface area contributed by atoms with Gasteiger partial charge in [0.1, 0.15) is 0 Å². The lowest BCUT2D eigenvalue weighted by molar-refractivity contribution is 1.28. The third-order valence-corrected chi connectivity index (χ3v) is 4.04. The molecule has 0 saturated carbocycles.